The zero-order valence-electron chi connectivity index (χ0n) is 11.9. The SMILES string of the molecule is CN(C)C1CC2(C1)CN(c1ccnn3cc(Cl)cc13)C2. The fraction of sp³-hybridized carbons (Fsp3) is 0.533. The van der Waals surface area contributed by atoms with Crippen LogP contribution in [0.15, 0.2) is 24.5 Å². The topological polar surface area (TPSA) is 23.8 Å². The second-order valence-electron chi connectivity index (χ2n) is 6.59. The van der Waals surface area contributed by atoms with Crippen LogP contribution in [0.5, 0.6) is 0 Å². The summed E-state index contributed by atoms with van der Waals surface area (Å²) in [7, 11) is 4.37. The van der Waals surface area contributed by atoms with E-state index in [1.165, 1.54) is 31.6 Å². The Morgan fingerprint density at radius 1 is 1.35 bits per heavy atom. The van der Waals surface area contributed by atoms with Crippen molar-refractivity contribution in [2.75, 3.05) is 32.1 Å². The predicted molar refractivity (Wildman–Crippen MR) is 81.6 cm³/mol. The first-order valence-electron chi connectivity index (χ1n) is 7.11. The normalized spacial score (nSPS) is 21.5. The van der Waals surface area contributed by atoms with Gasteiger partial charge in [0.05, 0.1) is 16.2 Å². The summed E-state index contributed by atoms with van der Waals surface area (Å²) in [5, 5.41) is 5.05. The Bertz CT molecular complexity index is 649. The molecule has 4 nitrogen and oxygen atoms in total. The van der Waals surface area contributed by atoms with E-state index in [4.69, 9.17) is 11.6 Å². The predicted octanol–water partition coefficient (Wildman–Crippen LogP) is 2.52. The van der Waals surface area contributed by atoms with Crippen molar-refractivity contribution in [1.29, 1.82) is 0 Å². The molecule has 106 valence electrons. The van der Waals surface area contributed by atoms with Crippen LogP contribution in [-0.2, 0) is 0 Å². The molecule has 2 aromatic heterocycles. The van der Waals surface area contributed by atoms with Gasteiger partial charge in [0.1, 0.15) is 0 Å². The zero-order chi connectivity index (χ0) is 13.9. The van der Waals surface area contributed by atoms with Crippen LogP contribution < -0.4 is 4.90 Å². The van der Waals surface area contributed by atoms with Crippen LogP contribution >= 0.6 is 11.6 Å². The van der Waals surface area contributed by atoms with Crippen molar-refractivity contribution < 1.29 is 0 Å². The molecule has 2 aliphatic rings. The van der Waals surface area contributed by atoms with E-state index >= 15 is 0 Å². The average molecular weight is 291 g/mol. The number of rotatable bonds is 2. The standard InChI is InChI=1S/C15H19ClN4/c1-18(2)12-6-15(7-12)9-19(10-15)13-3-4-17-20-8-11(16)5-14(13)20/h3-5,8,12H,6-7,9-10H2,1-2H3. The molecule has 2 fully saturated rings. The zero-order valence-corrected chi connectivity index (χ0v) is 12.6. The summed E-state index contributed by atoms with van der Waals surface area (Å²) in [5.41, 5.74) is 2.92. The maximum Gasteiger partial charge on any atom is 0.0895 e. The Labute approximate surface area is 123 Å². The third kappa shape index (κ3) is 1.75. The van der Waals surface area contributed by atoms with E-state index in [0.717, 1.165) is 16.6 Å². The Balaban J connectivity index is 1.53. The van der Waals surface area contributed by atoms with Crippen LogP contribution in [0.25, 0.3) is 5.52 Å². The van der Waals surface area contributed by atoms with Gasteiger partial charge in [-0.15, -0.1) is 0 Å². The van der Waals surface area contributed by atoms with Crippen LogP contribution in [0.3, 0.4) is 0 Å². The Morgan fingerprint density at radius 3 is 2.80 bits per heavy atom. The molecular weight excluding hydrogens is 272 g/mol. The third-order valence-electron chi connectivity index (χ3n) is 4.91. The molecule has 4 rings (SSSR count). The highest BCUT2D eigenvalue weighted by Crippen LogP contribution is 2.51. The number of hydrogen-bond donors (Lipinski definition) is 0. The Hall–Kier alpha value is -1.26. The summed E-state index contributed by atoms with van der Waals surface area (Å²) in [4.78, 5) is 4.81. The van der Waals surface area contributed by atoms with Crippen molar-refractivity contribution in [2.45, 2.75) is 18.9 Å². The van der Waals surface area contributed by atoms with Gasteiger partial charge in [-0.25, -0.2) is 4.52 Å². The number of nitrogens with zero attached hydrogens (tertiary/aromatic N) is 4. The molecular formula is C15H19ClN4. The van der Waals surface area contributed by atoms with Gasteiger partial charge in [0.2, 0.25) is 0 Å². The molecule has 0 amide bonds. The number of anilines is 1. The van der Waals surface area contributed by atoms with Crippen molar-refractivity contribution in [3.63, 3.8) is 0 Å². The largest absolute Gasteiger partial charge is 0.368 e. The second-order valence-corrected chi connectivity index (χ2v) is 7.02. The van der Waals surface area contributed by atoms with Crippen molar-refractivity contribution in [3.05, 3.63) is 29.5 Å². The molecule has 0 radical (unpaired) electrons. The summed E-state index contributed by atoms with van der Waals surface area (Å²) in [6.07, 6.45) is 6.38. The highest BCUT2D eigenvalue weighted by molar-refractivity contribution is 6.31. The molecule has 0 N–H and O–H groups in total. The van der Waals surface area contributed by atoms with E-state index < -0.39 is 0 Å². The fourth-order valence-corrected chi connectivity index (χ4v) is 3.93. The molecule has 0 unspecified atom stereocenters. The molecule has 1 aliphatic heterocycles. The number of aromatic nitrogens is 2. The lowest BCUT2D eigenvalue weighted by molar-refractivity contribution is 0.00144. The van der Waals surface area contributed by atoms with E-state index in [0.29, 0.717) is 5.41 Å². The van der Waals surface area contributed by atoms with Crippen molar-refractivity contribution in [3.8, 4) is 0 Å². The summed E-state index contributed by atoms with van der Waals surface area (Å²) in [6, 6.07) is 4.87. The molecule has 1 spiro atoms. The maximum absolute atomic E-state index is 6.08. The molecule has 5 heteroatoms. The third-order valence-corrected chi connectivity index (χ3v) is 5.12. The van der Waals surface area contributed by atoms with Gasteiger partial charge in [-0.05, 0) is 39.1 Å². The van der Waals surface area contributed by atoms with Crippen molar-refractivity contribution in [2.24, 2.45) is 5.41 Å². The Kier molecular flexibility index (Phi) is 2.57. The van der Waals surface area contributed by atoms with Crippen LogP contribution in [-0.4, -0.2) is 47.7 Å². The number of fused-ring (bicyclic) bond motifs is 1. The minimum Gasteiger partial charge on any atom is -0.368 e. The molecule has 1 aliphatic carbocycles. The lowest BCUT2D eigenvalue weighted by Gasteiger charge is -2.61. The van der Waals surface area contributed by atoms with E-state index in [9.17, 15) is 0 Å². The van der Waals surface area contributed by atoms with E-state index in [-0.39, 0.29) is 0 Å². The molecule has 3 heterocycles. The van der Waals surface area contributed by atoms with Gasteiger partial charge in [0.15, 0.2) is 0 Å². The lowest BCUT2D eigenvalue weighted by Crippen LogP contribution is -2.66. The highest BCUT2D eigenvalue weighted by atomic mass is 35.5. The van der Waals surface area contributed by atoms with Gasteiger partial charge in [0.25, 0.3) is 0 Å². The van der Waals surface area contributed by atoms with Gasteiger partial charge >= 0.3 is 0 Å². The van der Waals surface area contributed by atoms with Crippen LogP contribution in [0, 0.1) is 5.41 Å². The fourth-order valence-electron chi connectivity index (χ4n) is 3.73. The number of hydrogen-bond acceptors (Lipinski definition) is 3. The first kappa shape index (κ1) is 12.5. The maximum atomic E-state index is 6.08. The van der Waals surface area contributed by atoms with Crippen LogP contribution in [0.4, 0.5) is 5.69 Å². The molecule has 0 aromatic carbocycles. The lowest BCUT2D eigenvalue weighted by atomic mass is 9.60. The molecule has 1 saturated heterocycles. The second kappa shape index (κ2) is 4.12. The quantitative estimate of drug-likeness (QED) is 0.849. The van der Waals surface area contributed by atoms with Gasteiger partial charge in [-0.2, -0.15) is 5.10 Å². The minimum atomic E-state index is 0.561. The Morgan fingerprint density at radius 2 is 2.10 bits per heavy atom. The van der Waals surface area contributed by atoms with Gasteiger partial charge in [0, 0.05) is 36.9 Å². The smallest absolute Gasteiger partial charge is 0.0895 e. The van der Waals surface area contributed by atoms with Crippen molar-refractivity contribution >= 4 is 22.8 Å². The average Bonchev–Trinajstić information content (AvgIpc) is 2.65. The van der Waals surface area contributed by atoms with Gasteiger partial charge in [-0.1, -0.05) is 11.6 Å². The molecule has 20 heavy (non-hydrogen) atoms. The first-order chi connectivity index (χ1) is 9.56. The van der Waals surface area contributed by atoms with E-state index in [2.05, 4.69) is 35.1 Å². The van der Waals surface area contributed by atoms with E-state index in [1.54, 1.807) is 0 Å². The van der Waals surface area contributed by atoms with Gasteiger partial charge in [-0.3, -0.25) is 0 Å². The molecule has 0 atom stereocenters. The monoisotopic (exact) mass is 290 g/mol. The van der Waals surface area contributed by atoms with Gasteiger partial charge < -0.3 is 9.80 Å². The van der Waals surface area contributed by atoms with Crippen LogP contribution in [0.1, 0.15) is 12.8 Å². The minimum absolute atomic E-state index is 0.561. The number of halogens is 1. The van der Waals surface area contributed by atoms with Crippen molar-refractivity contribution in [1.82, 2.24) is 14.5 Å². The first-order valence-corrected chi connectivity index (χ1v) is 7.48. The molecule has 1 saturated carbocycles. The summed E-state index contributed by atoms with van der Waals surface area (Å²) in [5.74, 6) is 0. The summed E-state index contributed by atoms with van der Waals surface area (Å²) < 4.78 is 1.87. The summed E-state index contributed by atoms with van der Waals surface area (Å²) >= 11 is 6.08. The molecule has 0 bridgehead atoms. The summed E-state index contributed by atoms with van der Waals surface area (Å²) in [6.45, 7) is 2.33. The molecule has 2 aromatic rings. The van der Waals surface area contributed by atoms with E-state index in [1.807, 2.05) is 23.0 Å². The highest BCUT2D eigenvalue weighted by Gasteiger charge is 2.53. The van der Waals surface area contributed by atoms with Crippen LogP contribution in [0.2, 0.25) is 5.02 Å².